The van der Waals surface area contributed by atoms with Crippen molar-refractivity contribution in [2.75, 3.05) is 4.90 Å². The molecule has 9 rings (SSSR count). The van der Waals surface area contributed by atoms with Gasteiger partial charge in [0.25, 0.3) is 0 Å². The fourth-order valence-corrected chi connectivity index (χ4v) is 8.92. The van der Waals surface area contributed by atoms with Crippen molar-refractivity contribution in [3.8, 4) is 33.4 Å². The molecule has 2 aliphatic carbocycles. The summed E-state index contributed by atoms with van der Waals surface area (Å²) in [5.74, 6) is 0.674. The van der Waals surface area contributed by atoms with Gasteiger partial charge in [0.2, 0.25) is 0 Å². The number of anilines is 3. The van der Waals surface area contributed by atoms with Gasteiger partial charge in [0, 0.05) is 22.4 Å². The van der Waals surface area contributed by atoms with Gasteiger partial charge in [0.05, 0.1) is 5.69 Å². The molecule has 0 aromatic heterocycles. The molecule has 0 unspecified atom stereocenters. The van der Waals surface area contributed by atoms with Crippen LogP contribution in [0.15, 0.2) is 158 Å². The van der Waals surface area contributed by atoms with E-state index in [0.29, 0.717) is 5.92 Å². The second-order valence-electron chi connectivity index (χ2n) is 14.7. The molecule has 0 N–H and O–H groups in total. The molecule has 1 saturated carbocycles. The molecular weight excluding hydrogens is 603 g/mol. The summed E-state index contributed by atoms with van der Waals surface area (Å²) in [6.07, 6.45) is 6.69. The van der Waals surface area contributed by atoms with E-state index in [1.165, 1.54) is 104 Å². The van der Waals surface area contributed by atoms with Crippen molar-refractivity contribution in [2.45, 2.75) is 57.3 Å². The van der Waals surface area contributed by atoms with Crippen molar-refractivity contribution in [2.24, 2.45) is 0 Å². The largest absolute Gasteiger partial charge is 0.310 e. The van der Waals surface area contributed by atoms with Gasteiger partial charge in [-0.3, -0.25) is 0 Å². The summed E-state index contributed by atoms with van der Waals surface area (Å²) in [6.45, 7) is 4.73. The standard InChI is InChI=1S/C49H43N/c1-49(2)46-23-13-11-22-44(46)45-30-29-38(33-47(45)49)50(48-24-14-12-19-41(48)35-17-7-4-8-18-35)37-27-25-36(26-28-37)40-32-31-39(34-15-5-3-6-16-34)42-20-9-10-21-43(40)42/h4,7-14,17-34H,3,5-6,15-16H2,1-2H3. The Morgan fingerprint density at radius 3 is 1.86 bits per heavy atom. The predicted molar refractivity (Wildman–Crippen MR) is 213 cm³/mol. The Balaban J connectivity index is 1.17. The summed E-state index contributed by atoms with van der Waals surface area (Å²) < 4.78 is 0. The normalized spacial score (nSPS) is 15.1. The maximum Gasteiger partial charge on any atom is 0.0540 e. The van der Waals surface area contributed by atoms with Gasteiger partial charge >= 0.3 is 0 Å². The summed E-state index contributed by atoms with van der Waals surface area (Å²) in [5.41, 5.74) is 15.4. The van der Waals surface area contributed by atoms with E-state index in [1.54, 1.807) is 0 Å². The molecule has 0 radical (unpaired) electrons. The van der Waals surface area contributed by atoms with Crippen molar-refractivity contribution >= 4 is 27.8 Å². The van der Waals surface area contributed by atoms with Gasteiger partial charge in [0.1, 0.15) is 0 Å². The first-order valence-electron chi connectivity index (χ1n) is 18.4. The molecule has 244 valence electrons. The Labute approximate surface area is 296 Å². The smallest absolute Gasteiger partial charge is 0.0540 e. The van der Waals surface area contributed by atoms with Crippen LogP contribution < -0.4 is 4.90 Å². The minimum atomic E-state index is -0.0821. The summed E-state index contributed by atoms with van der Waals surface area (Å²) in [4.78, 5) is 2.45. The second-order valence-corrected chi connectivity index (χ2v) is 14.7. The second kappa shape index (κ2) is 12.5. The molecule has 7 aromatic carbocycles. The van der Waals surface area contributed by atoms with Crippen LogP contribution >= 0.6 is 0 Å². The first kappa shape index (κ1) is 30.6. The molecule has 0 atom stereocenters. The van der Waals surface area contributed by atoms with Gasteiger partial charge in [-0.15, -0.1) is 0 Å². The maximum absolute atomic E-state index is 2.45. The highest BCUT2D eigenvalue weighted by Crippen LogP contribution is 2.51. The number of hydrogen-bond donors (Lipinski definition) is 0. The first-order chi connectivity index (χ1) is 24.6. The molecule has 1 fully saturated rings. The topological polar surface area (TPSA) is 3.24 Å². The average molecular weight is 646 g/mol. The Morgan fingerprint density at radius 2 is 1.06 bits per heavy atom. The number of rotatable bonds is 6. The Kier molecular flexibility index (Phi) is 7.65. The molecule has 0 heterocycles. The molecule has 0 bridgehead atoms. The summed E-state index contributed by atoms with van der Waals surface area (Å²) in [7, 11) is 0. The predicted octanol–water partition coefficient (Wildman–Crippen LogP) is 14.0. The van der Waals surface area contributed by atoms with E-state index in [-0.39, 0.29) is 5.41 Å². The zero-order valence-electron chi connectivity index (χ0n) is 29.1. The van der Waals surface area contributed by atoms with E-state index in [4.69, 9.17) is 0 Å². The van der Waals surface area contributed by atoms with Crippen LogP contribution in [-0.2, 0) is 5.41 Å². The summed E-state index contributed by atoms with van der Waals surface area (Å²) in [6, 6.07) is 58.7. The third-order valence-corrected chi connectivity index (χ3v) is 11.5. The highest BCUT2D eigenvalue weighted by molar-refractivity contribution is 5.99. The lowest BCUT2D eigenvalue weighted by Crippen LogP contribution is -2.16. The molecule has 50 heavy (non-hydrogen) atoms. The van der Waals surface area contributed by atoms with Crippen LogP contribution in [0.3, 0.4) is 0 Å². The lowest BCUT2D eigenvalue weighted by molar-refractivity contribution is 0.445. The Hall–Kier alpha value is -5.40. The molecule has 0 saturated heterocycles. The first-order valence-corrected chi connectivity index (χ1v) is 18.4. The number of benzene rings is 7. The lowest BCUT2D eigenvalue weighted by atomic mass is 9.81. The van der Waals surface area contributed by atoms with Crippen LogP contribution in [0.2, 0.25) is 0 Å². The minimum absolute atomic E-state index is 0.0821. The third-order valence-electron chi connectivity index (χ3n) is 11.5. The van der Waals surface area contributed by atoms with Crippen molar-refractivity contribution in [1.82, 2.24) is 0 Å². The van der Waals surface area contributed by atoms with Crippen LogP contribution in [0.5, 0.6) is 0 Å². The van der Waals surface area contributed by atoms with E-state index >= 15 is 0 Å². The van der Waals surface area contributed by atoms with Gasteiger partial charge in [-0.1, -0.05) is 161 Å². The van der Waals surface area contributed by atoms with Gasteiger partial charge in [-0.25, -0.2) is 0 Å². The number of para-hydroxylation sites is 1. The van der Waals surface area contributed by atoms with Gasteiger partial charge in [0.15, 0.2) is 0 Å². The molecule has 1 heteroatoms. The minimum Gasteiger partial charge on any atom is -0.310 e. The Bertz CT molecular complexity index is 2320. The van der Waals surface area contributed by atoms with Crippen LogP contribution in [0.1, 0.15) is 68.6 Å². The van der Waals surface area contributed by atoms with E-state index in [1.807, 2.05) is 0 Å². The molecule has 0 spiro atoms. The lowest BCUT2D eigenvalue weighted by Gasteiger charge is -2.30. The summed E-state index contributed by atoms with van der Waals surface area (Å²) >= 11 is 0. The monoisotopic (exact) mass is 645 g/mol. The Morgan fingerprint density at radius 1 is 0.460 bits per heavy atom. The van der Waals surface area contributed by atoms with Crippen LogP contribution in [0.4, 0.5) is 17.1 Å². The summed E-state index contributed by atoms with van der Waals surface area (Å²) in [5, 5.41) is 2.77. The van der Waals surface area contributed by atoms with Crippen LogP contribution in [-0.4, -0.2) is 0 Å². The van der Waals surface area contributed by atoms with Gasteiger partial charge in [-0.2, -0.15) is 0 Å². The third kappa shape index (κ3) is 5.15. The van der Waals surface area contributed by atoms with Crippen LogP contribution in [0, 0.1) is 0 Å². The molecule has 0 amide bonds. The number of fused-ring (bicyclic) bond motifs is 4. The van der Waals surface area contributed by atoms with E-state index in [9.17, 15) is 0 Å². The van der Waals surface area contributed by atoms with E-state index in [2.05, 4.69) is 176 Å². The number of hydrogen-bond acceptors (Lipinski definition) is 1. The number of nitrogens with zero attached hydrogens (tertiary/aromatic N) is 1. The zero-order valence-corrected chi connectivity index (χ0v) is 29.1. The van der Waals surface area contributed by atoms with Crippen molar-refractivity contribution in [1.29, 1.82) is 0 Å². The van der Waals surface area contributed by atoms with E-state index in [0.717, 1.165) is 5.69 Å². The molecule has 1 nitrogen and oxygen atoms in total. The highest BCUT2D eigenvalue weighted by atomic mass is 15.1. The molecule has 0 aliphatic heterocycles. The highest BCUT2D eigenvalue weighted by Gasteiger charge is 2.36. The van der Waals surface area contributed by atoms with Crippen LogP contribution in [0.25, 0.3) is 44.2 Å². The van der Waals surface area contributed by atoms with Crippen molar-refractivity contribution < 1.29 is 0 Å². The zero-order chi connectivity index (χ0) is 33.7. The molecule has 2 aliphatic rings. The quantitative estimate of drug-likeness (QED) is 0.174. The van der Waals surface area contributed by atoms with Gasteiger partial charge < -0.3 is 4.90 Å². The molecule has 7 aromatic rings. The van der Waals surface area contributed by atoms with Crippen molar-refractivity contribution in [3.63, 3.8) is 0 Å². The SMILES string of the molecule is CC1(C)c2ccccc2-c2ccc(N(c3ccc(-c4ccc(C5CCCCC5)c5ccccc45)cc3)c3ccccc3-c3ccccc3)cc21. The van der Waals surface area contributed by atoms with Gasteiger partial charge in [-0.05, 0) is 104 Å². The fourth-order valence-electron chi connectivity index (χ4n) is 8.92. The average Bonchev–Trinajstić information content (AvgIpc) is 3.41. The maximum atomic E-state index is 2.45. The van der Waals surface area contributed by atoms with E-state index < -0.39 is 0 Å². The van der Waals surface area contributed by atoms with Crippen molar-refractivity contribution in [3.05, 3.63) is 174 Å². The molecular formula is C49H43N. The fraction of sp³-hybridized carbons (Fsp3) is 0.184.